The molecule has 1 aliphatic rings. The lowest BCUT2D eigenvalue weighted by Crippen LogP contribution is -2.41. The third kappa shape index (κ3) is 4.91. The number of hydrogen-bond donors (Lipinski definition) is 1. The second kappa shape index (κ2) is 9.08. The van der Waals surface area contributed by atoms with Crippen LogP contribution in [0.5, 0.6) is 0 Å². The largest absolute Gasteiger partial charge is 0.352 e. The first kappa shape index (κ1) is 19.5. The topological polar surface area (TPSA) is 75.2 Å². The van der Waals surface area contributed by atoms with Crippen LogP contribution < -0.4 is 5.32 Å². The van der Waals surface area contributed by atoms with Crippen molar-refractivity contribution in [1.82, 2.24) is 19.8 Å². The van der Waals surface area contributed by atoms with E-state index in [1.165, 1.54) is 5.56 Å². The summed E-state index contributed by atoms with van der Waals surface area (Å²) in [6.45, 7) is 6.03. The molecule has 2 amide bonds. The molecule has 27 heavy (non-hydrogen) atoms. The van der Waals surface area contributed by atoms with E-state index >= 15 is 0 Å². The highest BCUT2D eigenvalue weighted by molar-refractivity contribution is 7.07. The highest BCUT2D eigenvalue weighted by Gasteiger charge is 2.26. The van der Waals surface area contributed by atoms with Gasteiger partial charge in [0.25, 0.3) is 11.8 Å². The van der Waals surface area contributed by atoms with Crippen LogP contribution in [0.15, 0.2) is 24.3 Å². The zero-order chi connectivity index (χ0) is 19.2. The molecule has 1 aromatic heterocycles. The minimum atomic E-state index is -0.0251. The van der Waals surface area contributed by atoms with Crippen molar-refractivity contribution in [1.29, 1.82) is 0 Å². The number of nitrogens with one attached hydrogen (secondary N) is 1. The van der Waals surface area contributed by atoms with Crippen LogP contribution in [0.25, 0.3) is 0 Å². The van der Waals surface area contributed by atoms with E-state index in [1.807, 2.05) is 36.1 Å². The molecule has 7 heteroatoms. The van der Waals surface area contributed by atoms with E-state index in [1.54, 1.807) is 0 Å². The number of aromatic nitrogens is 2. The summed E-state index contributed by atoms with van der Waals surface area (Å²) in [5.74, 6) is 0.401. The number of hydrogen-bond acceptors (Lipinski definition) is 5. The van der Waals surface area contributed by atoms with Crippen LogP contribution in [0.4, 0.5) is 0 Å². The van der Waals surface area contributed by atoms with Gasteiger partial charge in [-0.15, -0.1) is 5.10 Å². The molecule has 144 valence electrons. The fourth-order valence-electron chi connectivity index (χ4n) is 3.36. The summed E-state index contributed by atoms with van der Waals surface area (Å²) in [6, 6.07) is 7.84. The first-order valence-corrected chi connectivity index (χ1v) is 10.3. The Bertz CT molecular complexity index is 780. The predicted octanol–water partition coefficient (Wildman–Crippen LogP) is 3.08. The van der Waals surface area contributed by atoms with Crippen LogP contribution in [0.1, 0.15) is 57.5 Å². The Kier molecular flexibility index (Phi) is 6.55. The van der Waals surface area contributed by atoms with Gasteiger partial charge >= 0.3 is 0 Å². The van der Waals surface area contributed by atoms with Gasteiger partial charge in [0.05, 0.1) is 5.69 Å². The zero-order valence-electron chi connectivity index (χ0n) is 15.9. The first-order chi connectivity index (χ1) is 13.1. The number of nitrogens with zero attached hydrogens (tertiary/aromatic N) is 3. The number of piperidine rings is 1. The molecule has 6 nitrogen and oxygen atoms in total. The summed E-state index contributed by atoms with van der Waals surface area (Å²) < 4.78 is 3.84. The third-order valence-corrected chi connectivity index (χ3v) is 5.87. The molecule has 0 saturated carbocycles. The van der Waals surface area contributed by atoms with Crippen LogP contribution in [0, 0.1) is 12.8 Å². The van der Waals surface area contributed by atoms with Crippen LogP contribution in [0.3, 0.4) is 0 Å². The lowest BCUT2D eigenvalue weighted by Gasteiger charge is -2.31. The van der Waals surface area contributed by atoms with E-state index in [0.717, 1.165) is 37.2 Å². The predicted molar refractivity (Wildman–Crippen MR) is 106 cm³/mol. The Labute approximate surface area is 164 Å². The van der Waals surface area contributed by atoms with Crippen molar-refractivity contribution in [2.24, 2.45) is 5.92 Å². The second-order valence-electron chi connectivity index (χ2n) is 7.08. The van der Waals surface area contributed by atoms with Gasteiger partial charge in [0.1, 0.15) is 4.88 Å². The molecule has 3 rings (SSSR count). The summed E-state index contributed by atoms with van der Waals surface area (Å²) in [5, 5.41) is 6.95. The summed E-state index contributed by atoms with van der Waals surface area (Å²) in [7, 11) is 0. The maximum atomic E-state index is 12.5. The number of rotatable bonds is 6. The molecule has 2 aromatic rings. The molecule has 2 heterocycles. The van der Waals surface area contributed by atoms with Gasteiger partial charge in [-0.1, -0.05) is 30.0 Å². The van der Waals surface area contributed by atoms with Gasteiger partial charge in [-0.25, -0.2) is 0 Å². The fourth-order valence-corrected chi connectivity index (χ4v) is 3.99. The summed E-state index contributed by atoms with van der Waals surface area (Å²) in [6.07, 6.45) is 3.93. The van der Waals surface area contributed by atoms with Crippen molar-refractivity contribution in [3.8, 4) is 0 Å². The van der Waals surface area contributed by atoms with Crippen molar-refractivity contribution in [3.05, 3.63) is 46.0 Å². The number of aryl methyl sites for hydroxylation is 2. The van der Waals surface area contributed by atoms with Crippen LogP contribution in [-0.4, -0.2) is 45.9 Å². The van der Waals surface area contributed by atoms with Gasteiger partial charge in [0.2, 0.25) is 0 Å². The Balaban J connectivity index is 1.44. The zero-order valence-corrected chi connectivity index (χ0v) is 16.7. The first-order valence-electron chi connectivity index (χ1n) is 9.53. The van der Waals surface area contributed by atoms with Crippen molar-refractivity contribution in [2.45, 2.75) is 39.5 Å². The molecular weight excluding hydrogens is 360 g/mol. The summed E-state index contributed by atoms with van der Waals surface area (Å²) >= 11 is 1.16. The molecule has 0 aliphatic carbocycles. The van der Waals surface area contributed by atoms with E-state index in [-0.39, 0.29) is 11.8 Å². The van der Waals surface area contributed by atoms with Crippen LogP contribution >= 0.6 is 11.5 Å². The molecule has 1 aliphatic heterocycles. The minimum Gasteiger partial charge on any atom is -0.352 e. The third-order valence-electron chi connectivity index (χ3n) is 5.05. The summed E-state index contributed by atoms with van der Waals surface area (Å²) in [5.41, 5.74) is 2.66. The van der Waals surface area contributed by atoms with Crippen LogP contribution in [0.2, 0.25) is 0 Å². The lowest BCUT2D eigenvalue weighted by molar-refractivity contribution is 0.0688. The SMILES string of the molecule is CCCc1ccc(C(=O)NCC2CCN(C(=O)c3snnc3C)CC2)cc1. The Morgan fingerprint density at radius 2 is 1.93 bits per heavy atom. The standard InChI is InChI=1S/C20H26N4O2S/c1-3-4-15-5-7-17(8-6-15)19(25)21-13-16-9-11-24(12-10-16)20(26)18-14(2)22-23-27-18/h5-8,16H,3-4,9-13H2,1-2H3,(H,21,25). The summed E-state index contributed by atoms with van der Waals surface area (Å²) in [4.78, 5) is 27.3. The molecule has 0 bridgehead atoms. The average Bonchev–Trinajstić information content (AvgIpc) is 3.12. The number of carbonyl (C=O) groups is 2. The highest BCUT2D eigenvalue weighted by Crippen LogP contribution is 2.20. The molecule has 1 N–H and O–H groups in total. The molecule has 1 saturated heterocycles. The van der Waals surface area contributed by atoms with Crippen molar-refractivity contribution in [2.75, 3.05) is 19.6 Å². The number of amides is 2. The Morgan fingerprint density at radius 3 is 2.52 bits per heavy atom. The number of benzene rings is 1. The van der Waals surface area contributed by atoms with Crippen molar-refractivity contribution >= 4 is 23.3 Å². The maximum Gasteiger partial charge on any atom is 0.267 e. The normalized spacial score (nSPS) is 15.0. The highest BCUT2D eigenvalue weighted by atomic mass is 32.1. The molecule has 0 radical (unpaired) electrons. The van der Waals surface area contributed by atoms with Crippen molar-refractivity contribution < 1.29 is 9.59 Å². The Morgan fingerprint density at radius 1 is 1.22 bits per heavy atom. The average molecular weight is 387 g/mol. The molecule has 0 spiro atoms. The van der Waals surface area contributed by atoms with E-state index in [2.05, 4.69) is 21.8 Å². The van der Waals surface area contributed by atoms with Crippen LogP contribution in [-0.2, 0) is 6.42 Å². The van der Waals surface area contributed by atoms with E-state index < -0.39 is 0 Å². The van der Waals surface area contributed by atoms with Gasteiger partial charge in [-0.3, -0.25) is 9.59 Å². The molecular formula is C20H26N4O2S. The van der Waals surface area contributed by atoms with E-state index in [9.17, 15) is 9.59 Å². The van der Waals surface area contributed by atoms with Gasteiger partial charge in [-0.05, 0) is 61.3 Å². The van der Waals surface area contributed by atoms with E-state index in [0.29, 0.717) is 41.7 Å². The molecule has 1 fully saturated rings. The maximum absolute atomic E-state index is 12.5. The number of carbonyl (C=O) groups excluding carboxylic acids is 2. The molecule has 0 unspecified atom stereocenters. The lowest BCUT2D eigenvalue weighted by atomic mass is 9.96. The van der Waals surface area contributed by atoms with Gasteiger partial charge in [-0.2, -0.15) is 0 Å². The van der Waals surface area contributed by atoms with E-state index in [4.69, 9.17) is 0 Å². The van der Waals surface area contributed by atoms with Gasteiger partial charge in [0, 0.05) is 25.2 Å². The molecule has 0 atom stereocenters. The smallest absolute Gasteiger partial charge is 0.267 e. The Hall–Kier alpha value is -2.28. The monoisotopic (exact) mass is 386 g/mol. The quantitative estimate of drug-likeness (QED) is 0.828. The molecule has 1 aromatic carbocycles. The fraction of sp³-hybridized carbons (Fsp3) is 0.500. The minimum absolute atomic E-state index is 0.0251. The number of likely N-dealkylation sites (tertiary alicyclic amines) is 1. The van der Waals surface area contributed by atoms with Crippen molar-refractivity contribution in [3.63, 3.8) is 0 Å². The van der Waals surface area contributed by atoms with Gasteiger partial charge in [0.15, 0.2) is 0 Å². The second-order valence-corrected chi connectivity index (χ2v) is 7.83. The van der Waals surface area contributed by atoms with Gasteiger partial charge < -0.3 is 10.2 Å².